The Hall–Kier alpha value is -3.08. The molecule has 3 rings (SSSR count). The van der Waals surface area contributed by atoms with Gasteiger partial charge >= 0.3 is 5.63 Å². The number of hydrogen-bond acceptors (Lipinski definition) is 3. The molecule has 1 heterocycles. The molecule has 0 saturated carbocycles. The second-order valence-electron chi connectivity index (χ2n) is 5.02. The van der Waals surface area contributed by atoms with Crippen molar-refractivity contribution in [1.29, 1.82) is 0 Å². The molecule has 116 valence electrons. The molecule has 0 fully saturated rings. The summed E-state index contributed by atoms with van der Waals surface area (Å²) < 4.78 is 23.4. The molecule has 0 aliphatic rings. The van der Waals surface area contributed by atoms with Gasteiger partial charge in [0.05, 0.1) is 10.6 Å². The van der Waals surface area contributed by atoms with Gasteiger partial charge in [-0.2, -0.15) is 0 Å². The van der Waals surface area contributed by atoms with Crippen molar-refractivity contribution < 1.29 is 13.7 Å². The summed E-state index contributed by atoms with van der Waals surface area (Å²) in [6.45, 7) is 3.97. The maximum absolute atomic E-state index is 13.1. The van der Waals surface area contributed by atoms with E-state index in [1.807, 2.05) is 12.1 Å². The molecule has 0 radical (unpaired) electrons. The molecular weight excluding hydrogens is 297 g/mol. The Morgan fingerprint density at radius 1 is 1.22 bits per heavy atom. The van der Waals surface area contributed by atoms with Gasteiger partial charge in [0.15, 0.2) is 0 Å². The molecule has 0 saturated heterocycles. The maximum atomic E-state index is 13.1. The van der Waals surface area contributed by atoms with E-state index in [-0.39, 0.29) is 12.4 Å². The van der Waals surface area contributed by atoms with Crippen molar-refractivity contribution in [3.8, 4) is 5.75 Å². The predicted molar refractivity (Wildman–Crippen MR) is 84.8 cm³/mol. The van der Waals surface area contributed by atoms with Crippen LogP contribution in [0.5, 0.6) is 5.75 Å². The second-order valence-corrected chi connectivity index (χ2v) is 5.02. The zero-order chi connectivity index (χ0) is 16.2. The zero-order valence-corrected chi connectivity index (χ0v) is 12.2. The number of rotatable bonds is 4. The van der Waals surface area contributed by atoms with Crippen LogP contribution in [0.25, 0.3) is 12.7 Å². The summed E-state index contributed by atoms with van der Waals surface area (Å²) in [7, 11) is 0. The van der Waals surface area contributed by atoms with E-state index in [4.69, 9.17) is 4.74 Å². The van der Waals surface area contributed by atoms with Crippen LogP contribution in [0.4, 0.5) is 4.39 Å². The lowest BCUT2D eigenvalue weighted by Crippen LogP contribution is -2.31. The molecule has 0 aliphatic heterocycles. The monoisotopic (exact) mass is 311 g/mol. The van der Waals surface area contributed by atoms with E-state index in [0.29, 0.717) is 16.3 Å². The lowest BCUT2D eigenvalue weighted by Gasteiger charge is -2.06. The van der Waals surface area contributed by atoms with Crippen molar-refractivity contribution in [3.63, 3.8) is 0 Å². The zero-order valence-electron chi connectivity index (χ0n) is 12.2. The van der Waals surface area contributed by atoms with Crippen LogP contribution < -0.4 is 20.9 Å². The second kappa shape index (κ2) is 6.36. The fourth-order valence-corrected chi connectivity index (χ4v) is 2.11. The highest BCUT2D eigenvalue weighted by Crippen LogP contribution is 2.15. The molecule has 1 N–H and O–H groups in total. The average molecular weight is 311 g/mol. The van der Waals surface area contributed by atoms with Gasteiger partial charge in [0.25, 0.3) is 0 Å². The highest BCUT2D eigenvalue weighted by atomic mass is 19.1. The SMILES string of the molecule is C=c1[nH]oc(=O)c1=Cc1ccc(OCc2cccc(F)c2)cc1. The number of ether oxygens (including phenoxy) is 1. The van der Waals surface area contributed by atoms with Gasteiger partial charge in [-0.15, -0.1) is 0 Å². The molecule has 0 bridgehead atoms. The Kier molecular flexibility index (Phi) is 4.10. The van der Waals surface area contributed by atoms with E-state index in [2.05, 4.69) is 16.3 Å². The van der Waals surface area contributed by atoms with E-state index in [1.54, 1.807) is 30.3 Å². The van der Waals surface area contributed by atoms with Crippen molar-refractivity contribution >= 4 is 12.7 Å². The van der Waals surface area contributed by atoms with Crippen molar-refractivity contribution in [2.45, 2.75) is 6.61 Å². The summed E-state index contributed by atoms with van der Waals surface area (Å²) >= 11 is 0. The van der Waals surface area contributed by atoms with Crippen LogP contribution in [0.3, 0.4) is 0 Å². The highest BCUT2D eigenvalue weighted by Gasteiger charge is 1.99. The molecule has 5 heteroatoms. The van der Waals surface area contributed by atoms with E-state index >= 15 is 0 Å². The summed E-state index contributed by atoms with van der Waals surface area (Å²) in [5, 5.41) is 3.25. The Morgan fingerprint density at radius 3 is 2.65 bits per heavy atom. The maximum Gasteiger partial charge on any atom is 0.365 e. The number of H-pyrrole nitrogens is 1. The van der Waals surface area contributed by atoms with Gasteiger partial charge in [0.2, 0.25) is 0 Å². The summed E-state index contributed by atoms with van der Waals surface area (Å²) in [6.07, 6.45) is 1.68. The van der Waals surface area contributed by atoms with E-state index in [1.165, 1.54) is 12.1 Å². The fourth-order valence-electron chi connectivity index (χ4n) is 2.11. The molecule has 0 amide bonds. The van der Waals surface area contributed by atoms with Crippen molar-refractivity contribution in [2.75, 3.05) is 0 Å². The first kappa shape index (κ1) is 14.8. The minimum Gasteiger partial charge on any atom is -0.489 e. The predicted octanol–water partition coefficient (Wildman–Crippen LogP) is 1.93. The summed E-state index contributed by atoms with van der Waals surface area (Å²) in [4.78, 5) is 11.5. The minimum atomic E-state index is -0.457. The third-order valence-electron chi connectivity index (χ3n) is 3.30. The molecule has 0 unspecified atom stereocenters. The van der Waals surface area contributed by atoms with Crippen LogP contribution in [-0.4, -0.2) is 5.16 Å². The Bertz CT molecular complexity index is 940. The van der Waals surface area contributed by atoms with Crippen LogP contribution in [0.2, 0.25) is 0 Å². The topological polar surface area (TPSA) is 55.2 Å². The third kappa shape index (κ3) is 3.58. The van der Waals surface area contributed by atoms with Crippen LogP contribution in [0.15, 0.2) is 57.8 Å². The molecule has 4 nitrogen and oxygen atoms in total. The van der Waals surface area contributed by atoms with E-state index in [0.717, 1.165) is 11.1 Å². The highest BCUT2D eigenvalue weighted by molar-refractivity contribution is 5.50. The first-order valence-corrected chi connectivity index (χ1v) is 6.97. The number of nitrogens with one attached hydrogen (secondary N) is 1. The first-order valence-electron chi connectivity index (χ1n) is 6.97. The Morgan fingerprint density at radius 2 is 2.00 bits per heavy atom. The van der Waals surface area contributed by atoms with Crippen LogP contribution in [0.1, 0.15) is 11.1 Å². The fraction of sp³-hybridized carbons (Fsp3) is 0.0556. The summed E-state index contributed by atoms with van der Waals surface area (Å²) in [5.41, 5.74) is 1.12. The molecule has 0 spiro atoms. The van der Waals surface area contributed by atoms with Gasteiger partial charge in [-0.3, -0.25) is 0 Å². The first-order chi connectivity index (χ1) is 11.1. The Labute approximate surface area is 131 Å². The van der Waals surface area contributed by atoms with Gasteiger partial charge in [0.1, 0.15) is 18.2 Å². The number of hydrogen-bond donors (Lipinski definition) is 1. The molecular formula is C18H14FNO3. The van der Waals surface area contributed by atoms with Crippen LogP contribution in [0, 0.1) is 5.82 Å². The third-order valence-corrected chi connectivity index (χ3v) is 3.30. The molecule has 0 aliphatic carbocycles. The van der Waals surface area contributed by atoms with Gasteiger partial charge < -0.3 is 9.26 Å². The van der Waals surface area contributed by atoms with Crippen molar-refractivity contribution in [3.05, 3.63) is 86.5 Å². The molecule has 23 heavy (non-hydrogen) atoms. The van der Waals surface area contributed by atoms with E-state index < -0.39 is 5.63 Å². The van der Waals surface area contributed by atoms with Gasteiger partial charge in [-0.05, 0) is 41.5 Å². The summed E-state index contributed by atoms with van der Waals surface area (Å²) in [6, 6.07) is 13.5. The number of halogens is 1. The molecule has 0 atom stereocenters. The van der Waals surface area contributed by atoms with Crippen molar-refractivity contribution in [2.24, 2.45) is 0 Å². The Balaban J connectivity index is 1.74. The standard InChI is InChI=1S/C18H14FNO3/c1-12-17(18(21)23-20-12)10-13-5-7-16(8-6-13)22-11-14-3-2-4-15(19)9-14/h2-10,20H,1,11H2. The normalized spacial score (nSPS) is 11.6. The molecule has 3 aromatic rings. The van der Waals surface area contributed by atoms with E-state index in [9.17, 15) is 9.18 Å². The van der Waals surface area contributed by atoms with Gasteiger partial charge in [-0.1, -0.05) is 30.8 Å². The number of aromatic amines is 1. The van der Waals surface area contributed by atoms with Gasteiger partial charge in [-0.25, -0.2) is 14.3 Å². The lowest BCUT2D eigenvalue weighted by molar-refractivity contribution is 0.305. The smallest absolute Gasteiger partial charge is 0.365 e. The summed E-state index contributed by atoms with van der Waals surface area (Å²) in [5.74, 6) is 0.368. The van der Waals surface area contributed by atoms with Crippen LogP contribution in [-0.2, 0) is 6.61 Å². The van der Waals surface area contributed by atoms with Gasteiger partial charge in [0, 0.05) is 0 Å². The number of benzene rings is 2. The van der Waals surface area contributed by atoms with Crippen LogP contribution >= 0.6 is 0 Å². The molecule has 1 aromatic heterocycles. The quantitative estimate of drug-likeness (QED) is 0.801. The molecule has 2 aromatic carbocycles. The van der Waals surface area contributed by atoms with Crippen molar-refractivity contribution in [1.82, 2.24) is 5.16 Å². The lowest BCUT2D eigenvalue weighted by atomic mass is 10.2. The average Bonchev–Trinajstić information content (AvgIpc) is 2.86. The largest absolute Gasteiger partial charge is 0.489 e. The minimum absolute atomic E-state index is 0.283. The number of aromatic nitrogens is 1.